The third-order valence-corrected chi connectivity index (χ3v) is 4.15. The highest BCUT2D eigenvalue weighted by Crippen LogP contribution is 2.26. The molecule has 0 saturated carbocycles. The van der Waals surface area contributed by atoms with Gasteiger partial charge in [0.15, 0.2) is 0 Å². The van der Waals surface area contributed by atoms with Crippen LogP contribution in [-0.2, 0) is 4.74 Å². The lowest BCUT2D eigenvalue weighted by Gasteiger charge is -2.20. The lowest BCUT2D eigenvalue weighted by atomic mass is 9.97. The minimum absolute atomic E-state index is 0.0595. The van der Waals surface area contributed by atoms with Crippen molar-refractivity contribution in [1.29, 1.82) is 0 Å². The molecular weight excluding hydrogens is 272 g/mol. The lowest BCUT2D eigenvalue weighted by molar-refractivity contribution is 0.101. The molecule has 2 unspecified atom stereocenters. The Balaban J connectivity index is 1.98. The number of ether oxygens (including phenoxy) is 1. The van der Waals surface area contributed by atoms with Crippen molar-refractivity contribution < 1.29 is 13.5 Å². The van der Waals surface area contributed by atoms with E-state index in [1.165, 1.54) is 0 Å². The highest BCUT2D eigenvalue weighted by atomic mass is 19.1. The summed E-state index contributed by atoms with van der Waals surface area (Å²) in [6.45, 7) is 5.31. The first-order valence-corrected chi connectivity index (χ1v) is 7.92. The third kappa shape index (κ3) is 4.48. The molecule has 2 rings (SSSR count). The Morgan fingerprint density at radius 1 is 1.33 bits per heavy atom. The van der Waals surface area contributed by atoms with Gasteiger partial charge in [-0.25, -0.2) is 8.78 Å². The summed E-state index contributed by atoms with van der Waals surface area (Å²) in [6, 6.07) is 2.56. The molecule has 4 heteroatoms. The summed E-state index contributed by atoms with van der Waals surface area (Å²) in [4.78, 5) is 0. The number of aryl methyl sites for hydroxylation is 1. The van der Waals surface area contributed by atoms with Gasteiger partial charge < -0.3 is 10.1 Å². The van der Waals surface area contributed by atoms with Crippen LogP contribution in [0.1, 0.15) is 56.2 Å². The van der Waals surface area contributed by atoms with Crippen LogP contribution in [0.2, 0.25) is 0 Å². The van der Waals surface area contributed by atoms with Crippen LogP contribution in [0, 0.1) is 18.6 Å². The summed E-state index contributed by atoms with van der Waals surface area (Å²) in [7, 11) is 0. The van der Waals surface area contributed by atoms with Crippen LogP contribution in [0.3, 0.4) is 0 Å². The van der Waals surface area contributed by atoms with Crippen molar-refractivity contribution in [3.8, 4) is 0 Å². The summed E-state index contributed by atoms with van der Waals surface area (Å²) < 4.78 is 33.0. The molecule has 1 aromatic rings. The summed E-state index contributed by atoms with van der Waals surface area (Å²) >= 11 is 0. The Bertz CT molecular complexity index is 458. The van der Waals surface area contributed by atoms with Gasteiger partial charge in [0.2, 0.25) is 0 Å². The molecule has 1 saturated heterocycles. The second-order valence-electron chi connectivity index (χ2n) is 5.80. The maximum absolute atomic E-state index is 14.0. The number of halogens is 2. The standard InChI is InChI=1S/C17H25F2NO/c1-3-20-17(8-4-6-13-7-5-9-21-13)14-10-12(2)15(18)11-16(14)19/h10-11,13,17,20H,3-9H2,1-2H3. The van der Waals surface area contributed by atoms with Gasteiger partial charge >= 0.3 is 0 Å². The van der Waals surface area contributed by atoms with Crippen LogP contribution in [-0.4, -0.2) is 19.3 Å². The normalized spacial score (nSPS) is 19.9. The first kappa shape index (κ1) is 16.4. The number of hydrogen-bond donors (Lipinski definition) is 1. The zero-order chi connectivity index (χ0) is 15.2. The van der Waals surface area contributed by atoms with Crippen molar-refractivity contribution in [2.24, 2.45) is 0 Å². The summed E-state index contributed by atoms with van der Waals surface area (Å²) in [6.07, 6.45) is 5.49. The molecule has 1 heterocycles. The van der Waals surface area contributed by atoms with E-state index in [2.05, 4.69) is 5.32 Å². The molecule has 2 atom stereocenters. The molecule has 1 N–H and O–H groups in total. The molecule has 21 heavy (non-hydrogen) atoms. The minimum Gasteiger partial charge on any atom is -0.378 e. The molecule has 0 aliphatic carbocycles. The van der Waals surface area contributed by atoms with Crippen LogP contribution in [0.15, 0.2) is 12.1 Å². The summed E-state index contributed by atoms with van der Waals surface area (Å²) in [5.74, 6) is -0.938. The van der Waals surface area contributed by atoms with Crippen molar-refractivity contribution in [2.45, 2.75) is 58.1 Å². The van der Waals surface area contributed by atoms with E-state index in [0.29, 0.717) is 17.2 Å². The molecule has 1 aliphatic rings. The van der Waals surface area contributed by atoms with E-state index < -0.39 is 11.6 Å². The maximum Gasteiger partial charge on any atom is 0.130 e. The van der Waals surface area contributed by atoms with E-state index in [0.717, 1.165) is 51.3 Å². The SMILES string of the molecule is CCNC(CCCC1CCCO1)c1cc(C)c(F)cc1F. The molecule has 0 bridgehead atoms. The summed E-state index contributed by atoms with van der Waals surface area (Å²) in [5, 5.41) is 3.31. The van der Waals surface area contributed by atoms with Gasteiger partial charge in [0.25, 0.3) is 0 Å². The highest BCUT2D eigenvalue weighted by Gasteiger charge is 2.19. The van der Waals surface area contributed by atoms with Gasteiger partial charge in [-0.2, -0.15) is 0 Å². The van der Waals surface area contributed by atoms with Gasteiger partial charge in [0.05, 0.1) is 6.10 Å². The van der Waals surface area contributed by atoms with Gasteiger partial charge in [-0.05, 0) is 57.2 Å². The van der Waals surface area contributed by atoms with Crippen molar-refractivity contribution in [2.75, 3.05) is 13.2 Å². The fourth-order valence-electron chi connectivity index (χ4n) is 2.98. The van der Waals surface area contributed by atoms with Crippen molar-refractivity contribution in [1.82, 2.24) is 5.32 Å². The fourth-order valence-corrected chi connectivity index (χ4v) is 2.98. The highest BCUT2D eigenvalue weighted by molar-refractivity contribution is 5.28. The average Bonchev–Trinajstić information content (AvgIpc) is 2.95. The van der Waals surface area contributed by atoms with Crippen LogP contribution in [0.25, 0.3) is 0 Å². The molecule has 0 aromatic heterocycles. The predicted octanol–water partition coefficient (Wildman–Crippen LogP) is 4.27. The smallest absolute Gasteiger partial charge is 0.130 e. The molecule has 0 amide bonds. The molecular formula is C17H25F2NO. The minimum atomic E-state index is -0.481. The zero-order valence-corrected chi connectivity index (χ0v) is 12.9. The molecule has 2 nitrogen and oxygen atoms in total. The first-order chi connectivity index (χ1) is 10.1. The Morgan fingerprint density at radius 3 is 2.81 bits per heavy atom. The second kappa shape index (κ2) is 7.85. The monoisotopic (exact) mass is 297 g/mol. The number of nitrogens with one attached hydrogen (secondary N) is 1. The van der Waals surface area contributed by atoms with E-state index in [-0.39, 0.29) is 6.04 Å². The zero-order valence-electron chi connectivity index (χ0n) is 12.9. The Kier molecular flexibility index (Phi) is 6.12. The van der Waals surface area contributed by atoms with Gasteiger partial charge in [-0.3, -0.25) is 0 Å². The van der Waals surface area contributed by atoms with Gasteiger partial charge in [-0.1, -0.05) is 6.92 Å². The van der Waals surface area contributed by atoms with E-state index in [4.69, 9.17) is 4.74 Å². The molecule has 1 fully saturated rings. The van der Waals surface area contributed by atoms with E-state index in [9.17, 15) is 8.78 Å². The Labute approximate surface area is 125 Å². The fraction of sp³-hybridized carbons (Fsp3) is 0.647. The Hall–Kier alpha value is -1.00. The van der Waals surface area contributed by atoms with Gasteiger partial charge in [0, 0.05) is 24.3 Å². The van der Waals surface area contributed by atoms with Crippen LogP contribution >= 0.6 is 0 Å². The van der Waals surface area contributed by atoms with Crippen LogP contribution in [0.4, 0.5) is 8.78 Å². The Morgan fingerprint density at radius 2 is 2.14 bits per heavy atom. The van der Waals surface area contributed by atoms with E-state index in [1.807, 2.05) is 6.92 Å². The molecule has 118 valence electrons. The van der Waals surface area contributed by atoms with Crippen LogP contribution in [0.5, 0.6) is 0 Å². The van der Waals surface area contributed by atoms with Gasteiger partial charge in [-0.15, -0.1) is 0 Å². The number of benzene rings is 1. The van der Waals surface area contributed by atoms with E-state index in [1.54, 1.807) is 13.0 Å². The largest absolute Gasteiger partial charge is 0.378 e. The lowest BCUT2D eigenvalue weighted by Crippen LogP contribution is -2.22. The maximum atomic E-state index is 14.0. The third-order valence-electron chi connectivity index (χ3n) is 4.15. The van der Waals surface area contributed by atoms with Crippen molar-refractivity contribution in [3.63, 3.8) is 0 Å². The van der Waals surface area contributed by atoms with E-state index >= 15 is 0 Å². The number of rotatable bonds is 7. The summed E-state index contributed by atoms with van der Waals surface area (Å²) in [5.41, 5.74) is 1.07. The van der Waals surface area contributed by atoms with Crippen molar-refractivity contribution in [3.05, 3.63) is 34.9 Å². The predicted molar refractivity (Wildman–Crippen MR) is 80.3 cm³/mol. The quantitative estimate of drug-likeness (QED) is 0.811. The first-order valence-electron chi connectivity index (χ1n) is 7.92. The van der Waals surface area contributed by atoms with Gasteiger partial charge in [0.1, 0.15) is 11.6 Å². The number of hydrogen-bond acceptors (Lipinski definition) is 2. The van der Waals surface area contributed by atoms with Crippen LogP contribution < -0.4 is 5.32 Å². The second-order valence-corrected chi connectivity index (χ2v) is 5.80. The molecule has 0 radical (unpaired) electrons. The molecule has 1 aromatic carbocycles. The average molecular weight is 297 g/mol. The van der Waals surface area contributed by atoms with Crippen molar-refractivity contribution >= 4 is 0 Å². The topological polar surface area (TPSA) is 21.3 Å². The molecule has 1 aliphatic heterocycles. The molecule has 0 spiro atoms.